The highest BCUT2D eigenvalue weighted by atomic mass is 35.7. The summed E-state index contributed by atoms with van der Waals surface area (Å²) >= 11 is 0. The fourth-order valence-electron chi connectivity index (χ4n) is 0.927. The minimum atomic E-state index is -5.18. The van der Waals surface area contributed by atoms with Crippen LogP contribution < -0.4 is 16.0 Å². The van der Waals surface area contributed by atoms with Gasteiger partial charge in [0.15, 0.2) is 0 Å². The molecule has 0 aliphatic rings. The second-order valence-electron chi connectivity index (χ2n) is 2.71. The van der Waals surface area contributed by atoms with Crippen LogP contribution in [0, 0.1) is 0 Å². The van der Waals surface area contributed by atoms with E-state index in [1.54, 1.807) is 4.98 Å². The highest BCUT2D eigenvalue weighted by molar-refractivity contribution is 8.13. The SMILES string of the molecule is Nc1c(S(=O)(=O)Cl)c[nH]c(=O)c1OC(F)(F)F. The van der Waals surface area contributed by atoms with Crippen LogP contribution >= 0.6 is 10.7 Å². The van der Waals surface area contributed by atoms with Crippen molar-refractivity contribution < 1.29 is 26.3 Å². The molecule has 0 amide bonds. The topological polar surface area (TPSA) is 102 Å². The lowest BCUT2D eigenvalue weighted by molar-refractivity contribution is -0.274. The Balaban J connectivity index is 3.47. The zero-order chi connectivity index (χ0) is 13.4. The van der Waals surface area contributed by atoms with Crippen molar-refractivity contribution >= 4 is 25.4 Å². The monoisotopic (exact) mass is 292 g/mol. The molecule has 0 saturated heterocycles. The first-order valence-corrected chi connectivity index (χ1v) is 6.05. The zero-order valence-corrected chi connectivity index (χ0v) is 9.28. The van der Waals surface area contributed by atoms with Crippen molar-refractivity contribution in [2.24, 2.45) is 0 Å². The van der Waals surface area contributed by atoms with Gasteiger partial charge in [-0.3, -0.25) is 4.79 Å². The highest BCUT2D eigenvalue weighted by Crippen LogP contribution is 2.30. The first-order valence-electron chi connectivity index (χ1n) is 3.74. The number of halogens is 4. The van der Waals surface area contributed by atoms with E-state index in [4.69, 9.17) is 16.4 Å². The Morgan fingerprint density at radius 2 is 1.94 bits per heavy atom. The third-order valence-corrected chi connectivity index (χ3v) is 2.89. The normalized spacial score (nSPS) is 12.5. The molecular formula is C6H4ClF3N2O4S. The number of aromatic nitrogens is 1. The summed E-state index contributed by atoms with van der Waals surface area (Å²) in [5, 5.41) is 0. The van der Waals surface area contributed by atoms with E-state index in [1.165, 1.54) is 0 Å². The average Bonchev–Trinajstić information content (AvgIpc) is 2.08. The molecule has 0 aliphatic carbocycles. The maximum absolute atomic E-state index is 11.9. The van der Waals surface area contributed by atoms with E-state index in [9.17, 15) is 26.4 Å². The van der Waals surface area contributed by atoms with E-state index in [2.05, 4.69) is 4.74 Å². The van der Waals surface area contributed by atoms with Crippen LogP contribution in [0.3, 0.4) is 0 Å². The van der Waals surface area contributed by atoms with E-state index >= 15 is 0 Å². The standard InChI is InChI=1S/C6H4ClF3N2O4S/c7-17(14,15)2-1-12-5(13)4(3(2)11)16-6(8,9)10/h1H,(H3,11,12,13). The smallest absolute Gasteiger partial charge is 0.398 e. The maximum Gasteiger partial charge on any atom is 0.573 e. The van der Waals surface area contributed by atoms with E-state index in [-0.39, 0.29) is 0 Å². The molecule has 1 rings (SSSR count). The molecule has 0 fully saturated rings. The third kappa shape index (κ3) is 3.27. The van der Waals surface area contributed by atoms with Crippen LogP contribution in [0.15, 0.2) is 15.9 Å². The van der Waals surface area contributed by atoms with Gasteiger partial charge >= 0.3 is 6.36 Å². The van der Waals surface area contributed by atoms with E-state index in [0.717, 1.165) is 0 Å². The van der Waals surface area contributed by atoms with Gasteiger partial charge in [-0.15, -0.1) is 13.2 Å². The molecule has 0 saturated carbocycles. The second-order valence-corrected chi connectivity index (χ2v) is 5.24. The van der Waals surface area contributed by atoms with Crippen LogP contribution in [0.25, 0.3) is 0 Å². The van der Waals surface area contributed by atoms with Crippen LogP contribution in [-0.2, 0) is 9.05 Å². The molecule has 1 heterocycles. The lowest BCUT2D eigenvalue weighted by Crippen LogP contribution is -2.24. The first-order chi connectivity index (χ1) is 7.52. The lowest BCUT2D eigenvalue weighted by atomic mass is 10.4. The zero-order valence-electron chi connectivity index (χ0n) is 7.71. The second kappa shape index (κ2) is 4.11. The fourth-order valence-corrected chi connectivity index (χ4v) is 1.87. The van der Waals surface area contributed by atoms with Gasteiger partial charge in [0.05, 0.1) is 0 Å². The molecule has 1 aromatic heterocycles. The summed E-state index contributed by atoms with van der Waals surface area (Å²) in [4.78, 5) is 11.8. The van der Waals surface area contributed by atoms with Gasteiger partial charge in [-0.2, -0.15) is 0 Å². The van der Waals surface area contributed by atoms with Crippen molar-refractivity contribution in [2.45, 2.75) is 11.3 Å². The number of nitrogens with two attached hydrogens (primary N) is 1. The van der Waals surface area contributed by atoms with Gasteiger partial charge < -0.3 is 15.5 Å². The molecule has 0 atom stereocenters. The number of anilines is 1. The molecule has 6 nitrogen and oxygen atoms in total. The van der Waals surface area contributed by atoms with E-state index in [0.29, 0.717) is 6.20 Å². The Hall–Kier alpha value is -1.42. The minimum Gasteiger partial charge on any atom is -0.398 e. The summed E-state index contributed by atoms with van der Waals surface area (Å²) in [6.45, 7) is 0. The number of H-pyrrole nitrogens is 1. The summed E-state index contributed by atoms with van der Waals surface area (Å²) in [5.74, 6) is -1.38. The first kappa shape index (κ1) is 13.6. The van der Waals surface area contributed by atoms with E-state index in [1.807, 2.05) is 0 Å². The van der Waals surface area contributed by atoms with Gasteiger partial charge in [0.25, 0.3) is 14.6 Å². The van der Waals surface area contributed by atoms with Gasteiger partial charge in [-0.25, -0.2) is 8.42 Å². The van der Waals surface area contributed by atoms with Gasteiger partial charge in [0.2, 0.25) is 5.75 Å². The number of nitrogen functional groups attached to an aromatic ring is 1. The number of nitrogens with one attached hydrogen (secondary N) is 1. The third-order valence-electron chi connectivity index (χ3n) is 1.53. The maximum atomic E-state index is 11.9. The quantitative estimate of drug-likeness (QED) is 0.784. The molecule has 1 aromatic rings. The molecule has 0 bridgehead atoms. The predicted octanol–water partition coefficient (Wildman–Crippen LogP) is 0.783. The summed E-state index contributed by atoms with van der Waals surface area (Å²) < 4.78 is 60.9. The van der Waals surface area contributed by atoms with Crippen LogP contribution in [0.1, 0.15) is 0 Å². The fraction of sp³-hybridized carbons (Fsp3) is 0.167. The van der Waals surface area contributed by atoms with Crippen LogP contribution in [-0.4, -0.2) is 19.8 Å². The Bertz CT molecular complexity index is 594. The van der Waals surface area contributed by atoms with Crippen LogP contribution in [0.4, 0.5) is 18.9 Å². The summed E-state index contributed by atoms with van der Waals surface area (Å²) in [5.41, 5.74) is 2.73. The lowest BCUT2D eigenvalue weighted by Gasteiger charge is -2.11. The van der Waals surface area contributed by atoms with Crippen molar-refractivity contribution in [2.75, 3.05) is 5.73 Å². The number of hydrogen-bond acceptors (Lipinski definition) is 5. The number of rotatable bonds is 2. The highest BCUT2D eigenvalue weighted by Gasteiger charge is 2.34. The molecule has 0 aliphatic heterocycles. The molecule has 3 N–H and O–H groups in total. The average molecular weight is 293 g/mol. The number of alkyl halides is 3. The van der Waals surface area contributed by atoms with Gasteiger partial charge in [0.1, 0.15) is 10.6 Å². The van der Waals surface area contributed by atoms with Crippen LogP contribution in [0.2, 0.25) is 0 Å². The summed E-state index contributed by atoms with van der Waals surface area (Å²) in [6.07, 6.45) is -4.61. The molecule has 0 aromatic carbocycles. The largest absolute Gasteiger partial charge is 0.573 e. The molecule has 0 unspecified atom stereocenters. The molecule has 17 heavy (non-hydrogen) atoms. The Morgan fingerprint density at radius 3 is 2.35 bits per heavy atom. The Morgan fingerprint density at radius 1 is 1.41 bits per heavy atom. The van der Waals surface area contributed by atoms with Crippen molar-refractivity contribution in [3.63, 3.8) is 0 Å². The Labute approximate surface area is 96.6 Å². The van der Waals surface area contributed by atoms with Crippen molar-refractivity contribution in [1.82, 2.24) is 4.98 Å². The van der Waals surface area contributed by atoms with Gasteiger partial charge in [0, 0.05) is 16.9 Å². The van der Waals surface area contributed by atoms with E-state index < -0.39 is 37.3 Å². The van der Waals surface area contributed by atoms with Crippen LogP contribution in [0.5, 0.6) is 5.75 Å². The summed E-state index contributed by atoms with van der Waals surface area (Å²) in [6, 6.07) is 0. The Kier molecular flexibility index (Phi) is 3.30. The number of aromatic amines is 1. The van der Waals surface area contributed by atoms with Gasteiger partial charge in [-0.1, -0.05) is 0 Å². The molecule has 11 heteroatoms. The number of ether oxygens (including phenoxy) is 1. The predicted molar refractivity (Wildman–Crippen MR) is 51.2 cm³/mol. The molecule has 0 radical (unpaired) electrons. The van der Waals surface area contributed by atoms with Crippen molar-refractivity contribution in [1.29, 1.82) is 0 Å². The molecule has 96 valence electrons. The molecular weight excluding hydrogens is 289 g/mol. The molecule has 0 spiro atoms. The number of hydrogen-bond donors (Lipinski definition) is 2. The van der Waals surface area contributed by atoms with Gasteiger partial charge in [-0.05, 0) is 0 Å². The summed E-state index contributed by atoms with van der Waals surface area (Å²) in [7, 11) is 0.494. The minimum absolute atomic E-state index is 0.573. The van der Waals surface area contributed by atoms with Crippen molar-refractivity contribution in [3.8, 4) is 5.75 Å². The number of pyridine rings is 1. The van der Waals surface area contributed by atoms with Crippen molar-refractivity contribution in [3.05, 3.63) is 16.6 Å².